The minimum absolute atomic E-state index is 0.000426. The van der Waals surface area contributed by atoms with Gasteiger partial charge in [-0.1, -0.05) is 23.5 Å². The van der Waals surface area contributed by atoms with Gasteiger partial charge in [-0.2, -0.15) is 0 Å². The zero-order valence-electron chi connectivity index (χ0n) is 11.7. The van der Waals surface area contributed by atoms with Gasteiger partial charge in [0.1, 0.15) is 10.8 Å². The van der Waals surface area contributed by atoms with Crippen molar-refractivity contribution in [2.24, 2.45) is 0 Å². The number of anilines is 2. The Labute approximate surface area is 126 Å². The van der Waals surface area contributed by atoms with Gasteiger partial charge in [0, 0.05) is 13.1 Å². The molecule has 3 rings (SSSR count). The number of hydrogen-bond acceptors (Lipinski definition) is 6. The number of amides is 1. The van der Waals surface area contributed by atoms with Crippen molar-refractivity contribution < 1.29 is 9.53 Å². The summed E-state index contributed by atoms with van der Waals surface area (Å²) in [6.45, 7) is 3.44. The summed E-state index contributed by atoms with van der Waals surface area (Å²) in [4.78, 5) is 13.8. The second-order valence-corrected chi connectivity index (χ2v) is 5.89. The molecule has 110 valence electrons. The summed E-state index contributed by atoms with van der Waals surface area (Å²) < 4.78 is 5.42. The van der Waals surface area contributed by atoms with Gasteiger partial charge in [-0.25, -0.2) is 0 Å². The van der Waals surface area contributed by atoms with Crippen LogP contribution in [0.5, 0.6) is 5.75 Å². The Kier molecular flexibility index (Phi) is 4.01. The smallest absolute Gasteiger partial charge is 0.265 e. The summed E-state index contributed by atoms with van der Waals surface area (Å²) in [6.07, 6.45) is 0.832. The zero-order chi connectivity index (χ0) is 14.7. The number of carbonyl (C=O) groups is 1. The van der Waals surface area contributed by atoms with Crippen LogP contribution in [0.25, 0.3) is 0 Å². The molecule has 2 aromatic rings. The average Bonchev–Trinajstić information content (AvgIpc) is 2.91. The van der Waals surface area contributed by atoms with Crippen molar-refractivity contribution in [3.05, 3.63) is 29.3 Å². The van der Waals surface area contributed by atoms with Crippen molar-refractivity contribution in [3.8, 4) is 5.75 Å². The van der Waals surface area contributed by atoms with Crippen molar-refractivity contribution in [1.82, 2.24) is 10.2 Å². The van der Waals surface area contributed by atoms with E-state index in [0.29, 0.717) is 6.54 Å². The Balaban J connectivity index is 1.56. The van der Waals surface area contributed by atoms with E-state index in [4.69, 9.17) is 4.74 Å². The van der Waals surface area contributed by atoms with Gasteiger partial charge in [0.2, 0.25) is 5.13 Å². The minimum Gasteiger partial charge on any atom is -0.482 e. The van der Waals surface area contributed by atoms with Gasteiger partial charge < -0.3 is 15.0 Å². The highest BCUT2D eigenvalue weighted by atomic mass is 32.1. The summed E-state index contributed by atoms with van der Waals surface area (Å²) in [5.74, 6) is 0.769. The third-order valence-electron chi connectivity index (χ3n) is 3.17. The zero-order valence-corrected chi connectivity index (χ0v) is 12.5. The normalized spacial score (nSPS) is 13.8. The number of rotatable bonds is 5. The van der Waals surface area contributed by atoms with Crippen LogP contribution in [-0.4, -0.2) is 35.8 Å². The first-order valence-corrected chi connectivity index (χ1v) is 7.62. The maximum atomic E-state index is 12.0. The monoisotopic (exact) mass is 304 g/mol. The Morgan fingerprint density at radius 3 is 3.05 bits per heavy atom. The average molecular weight is 304 g/mol. The molecular weight excluding hydrogens is 288 g/mol. The summed E-state index contributed by atoms with van der Waals surface area (Å²) >= 11 is 1.53. The van der Waals surface area contributed by atoms with Crippen LogP contribution in [0, 0.1) is 6.92 Å². The standard InChI is InChI=1S/C14H16N4O2S/c1-10-16-17-14(21-10)15-7-4-8-18-11-5-2-3-6-12(11)20-9-13(18)19/h2-3,5-6H,4,7-9H2,1H3,(H,15,17). The Bertz CT molecular complexity index is 643. The number of carbonyl (C=O) groups excluding carboxylic acids is 1. The molecule has 0 fully saturated rings. The first-order valence-electron chi connectivity index (χ1n) is 6.80. The van der Waals surface area contributed by atoms with Crippen LogP contribution >= 0.6 is 11.3 Å². The van der Waals surface area contributed by atoms with Gasteiger partial charge in [0.25, 0.3) is 5.91 Å². The lowest BCUT2D eigenvalue weighted by Crippen LogP contribution is -2.39. The highest BCUT2D eigenvalue weighted by Crippen LogP contribution is 2.31. The van der Waals surface area contributed by atoms with Crippen LogP contribution in [0.3, 0.4) is 0 Å². The molecule has 0 saturated heterocycles. The van der Waals surface area contributed by atoms with Gasteiger partial charge in [-0.3, -0.25) is 4.79 Å². The van der Waals surface area contributed by atoms with Crippen molar-refractivity contribution in [3.63, 3.8) is 0 Å². The minimum atomic E-state index is 0.000426. The van der Waals surface area contributed by atoms with E-state index in [-0.39, 0.29) is 12.5 Å². The fourth-order valence-corrected chi connectivity index (χ4v) is 2.82. The van der Waals surface area contributed by atoms with Gasteiger partial charge >= 0.3 is 0 Å². The second-order valence-electron chi connectivity index (χ2n) is 4.71. The van der Waals surface area contributed by atoms with Crippen molar-refractivity contribution >= 4 is 28.1 Å². The number of aryl methyl sites for hydroxylation is 1. The van der Waals surface area contributed by atoms with Crippen molar-refractivity contribution in [2.45, 2.75) is 13.3 Å². The predicted octanol–water partition coefficient (Wildman–Crippen LogP) is 2.07. The number of aromatic nitrogens is 2. The number of nitrogens with one attached hydrogen (secondary N) is 1. The molecular formula is C14H16N4O2S. The Morgan fingerprint density at radius 2 is 2.24 bits per heavy atom. The lowest BCUT2D eigenvalue weighted by atomic mass is 10.2. The Hall–Kier alpha value is -2.15. The molecule has 1 N–H and O–H groups in total. The largest absolute Gasteiger partial charge is 0.482 e. The lowest BCUT2D eigenvalue weighted by molar-refractivity contribution is -0.121. The van der Waals surface area contributed by atoms with E-state index in [1.807, 2.05) is 31.2 Å². The van der Waals surface area contributed by atoms with E-state index in [9.17, 15) is 4.79 Å². The van der Waals surface area contributed by atoms with E-state index in [1.54, 1.807) is 4.90 Å². The van der Waals surface area contributed by atoms with E-state index >= 15 is 0 Å². The highest BCUT2D eigenvalue weighted by Gasteiger charge is 2.24. The Morgan fingerprint density at radius 1 is 1.38 bits per heavy atom. The van der Waals surface area contributed by atoms with Crippen LogP contribution in [-0.2, 0) is 4.79 Å². The fraction of sp³-hybridized carbons (Fsp3) is 0.357. The molecule has 1 aliphatic heterocycles. The number of benzene rings is 1. The van der Waals surface area contributed by atoms with E-state index in [0.717, 1.165) is 34.5 Å². The third kappa shape index (κ3) is 3.13. The van der Waals surface area contributed by atoms with Crippen molar-refractivity contribution in [2.75, 3.05) is 29.9 Å². The maximum absolute atomic E-state index is 12.0. The van der Waals surface area contributed by atoms with E-state index < -0.39 is 0 Å². The van der Waals surface area contributed by atoms with Crippen LogP contribution in [0.15, 0.2) is 24.3 Å². The van der Waals surface area contributed by atoms with Crippen LogP contribution in [0.1, 0.15) is 11.4 Å². The van der Waals surface area contributed by atoms with Gasteiger partial charge in [0.15, 0.2) is 6.61 Å². The molecule has 6 nitrogen and oxygen atoms in total. The fourth-order valence-electron chi connectivity index (χ4n) is 2.20. The van der Waals surface area contributed by atoms with Crippen molar-refractivity contribution in [1.29, 1.82) is 0 Å². The molecule has 0 radical (unpaired) electrons. The van der Waals surface area contributed by atoms with Gasteiger partial charge in [-0.05, 0) is 25.5 Å². The van der Waals surface area contributed by atoms with Crippen LogP contribution in [0.2, 0.25) is 0 Å². The molecule has 0 atom stereocenters. The van der Waals surface area contributed by atoms with Gasteiger partial charge in [0.05, 0.1) is 5.69 Å². The molecule has 0 saturated carbocycles. The summed E-state index contributed by atoms with van der Waals surface area (Å²) in [5.41, 5.74) is 0.848. The molecule has 1 aromatic carbocycles. The molecule has 7 heteroatoms. The molecule has 0 aliphatic carbocycles. The molecule has 0 bridgehead atoms. The summed E-state index contributed by atoms with van der Waals surface area (Å²) in [5, 5.41) is 12.9. The molecule has 1 amide bonds. The van der Waals surface area contributed by atoms with E-state index in [2.05, 4.69) is 15.5 Å². The number of nitrogens with zero attached hydrogens (tertiary/aromatic N) is 3. The first kappa shape index (κ1) is 13.8. The molecule has 0 unspecified atom stereocenters. The first-order chi connectivity index (χ1) is 10.2. The third-order valence-corrected chi connectivity index (χ3v) is 3.97. The number of ether oxygens (including phenoxy) is 1. The number of hydrogen-bond donors (Lipinski definition) is 1. The van der Waals surface area contributed by atoms with Crippen LogP contribution in [0.4, 0.5) is 10.8 Å². The second kappa shape index (κ2) is 6.09. The van der Waals surface area contributed by atoms with Gasteiger partial charge in [-0.15, -0.1) is 10.2 Å². The molecule has 1 aliphatic rings. The maximum Gasteiger partial charge on any atom is 0.265 e. The highest BCUT2D eigenvalue weighted by molar-refractivity contribution is 7.15. The number of fused-ring (bicyclic) bond motifs is 1. The summed E-state index contributed by atoms with van der Waals surface area (Å²) in [7, 11) is 0. The predicted molar refractivity (Wildman–Crippen MR) is 82.0 cm³/mol. The lowest BCUT2D eigenvalue weighted by Gasteiger charge is -2.29. The quantitative estimate of drug-likeness (QED) is 0.857. The molecule has 1 aromatic heterocycles. The molecule has 21 heavy (non-hydrogen) atoms. The number of para-hydroxylation sites is 2. The van der Waals surface area contributed by atoms with E-state index in [1.165, 1.54) is 11.3 Å². The van der Waals surface area contributed by atoms with Crippen LogP contribution < -0.4 is 15.0 Å². The molecule has 0 spiro atoms. The summed E-state index contributed by atoms with van der Waals surface area (Å²) in [6, 6.07) is 7.62. The topological polar surface area (TPSA) is 67.4 Å². The SMILES string of the molecule is Cc1nnc(NCCCN2C(=O)COc3ccccc32)s1. The molecule has 2 heterocycles.